The predicted molar refractivity (Wildman–Crippen MR) is 85.2 cm³/mol. The standard InChI is InChI=1S/C16H22O4.Ba.2H/c1-11(2)9-19-15(17)13-5-7-14(8-6-13)16(18)20-10-12(3)4;;;/h5-8,11-12H,9-10H2,1-4H3;;;. The van der Waals surface area contributed by atoms with E-state index < -0.39 is 0 Å². The van der Waals surface area contributed by atoms with E-state index in [4.69, 9.17) is 9.47 Å². The van der Waals surface area contributed by atoms with Gasteiger partial charge < -0.3 is 9.47 Å². The summed E-state index contributed by atoms with van der Waals surface area (Å²) < 4.78 is 10.2. The van der Waals surface area contributed by atoms with Crippen molar-refractivity contribution in [2.24, 2.45) is 11.8 Å². The molecule has 0 aromatic heterocycles. The summed E-state index contributed by atoms with van der Waals surface area (Å²) in [6.07, 6.45) is 0. The van der Waals surface area contributed by atoms with Crippen molar-refractivity contribution < 1.29 is 19.1 Å². The second-order valence-corrected chi connectivity index (χ2v) is 5.56. The molecule has 0 spiro atoms. The van der Waals surface area contributed by atoms with Crippen molar-refractivity contribution in [3.05, 3.63) is 35.4 Å². The van der Waals surface area contributed by atoms with Gasteiger partial charge in [-0.1, -0.05) is 27.7 Å². The van der Waals surface area contributed by atoms with Crippen LogP contribution in [0.3, 0.4) is 0 Å². The van der Waals surface area contributed by atoms with Gasteiger partial charge in [-0.25, -0.2) is 9.59 Å². The number of benzene rings is 1. The van der Waals surface area contributed by atoms with Crippen LogP contribution in [0.5, 0.6) is 0 Å². The Hall–Kier alpha value is -0.269. The van der Waals surface area contributed by atoms with Crippen molar-refractivity contribution in [2.75, 3.05) is 13.2 Å². The first-order chi connectivity index (χ1) is 9.40. The SMILES string of the molecule is CC(C)COC(=O)c1ccc(C(=O)OCC(C)C)cc1.[BaH2]. The summed E-state index contributed by atoms with van der Waals surface area (Å²) in [5.74, 6) is -0.157. The van der Waals surface area contributed by atoms with Gasteiger partial charge in [-0.15, -0.1) is 0 Å². The van der Waals surface area contributed by atoms with Crippen LogP contribution >= 0.6 is 0 Å². The van der Waals surface area contributed by atoms with E-state index in [0.717, 1.165) is 0 Å². The molecule has 0 atom stereocenters. The van der Waals surface area contributed by atoms with Gasteiger partial charge in [0.1, 0.15) is 0 Å². The normalized spacial score (nSPS) is 10.2. The molecule has 1 rings (SSSR count). The number of rotatable bonds is 6. The first-order valence-corrected chi connectivity index (χ1v) is 6.84. The zero-order valence-electron chi connectivity index (χ0n) is 12.5. The molecule has 0 radical (unpaired) electrons. The second kappa shape index (κ2) is 10.5. The summed E-state index contributed by atoms with van der Waals surface area (Å²) >= 11 is 0. The van der Waals surface area contributed by atoms with Gasteiger partial charge in [0, 0.05) is 0 Å². The van der Waals surface area contributed by atoms with Crippen molar-refractivity contribution in [2.45, 2.75) is 27.7 Å². The quantitative estimate of drug-likeness (QED) is 0.527. The van der Waals surface area contributed by atoms with Crippen LogP contribution in [0.15, 0.2) is 24.3 Å². The van der Waals surface area contributed by atoms with Crippen molar-refractivity contribution in [1.82, 2.24) is 0 Å². The van der Waals surface area contributed by atoms with E-state index in [9.17, 15) is 9.59 Å². The third kappa shape index (κ3) is 8.07. The fourth-order valence-electron chi connectivity index (χ4n) is 1.39. The predicted octanol–water partition coefficient (Wildman–Crippen LogP) is 2.40. The third-order valence-electron chi connectivity index (χ3n) is 2.45. The Kier molecular flexibility index (Phi) is 10.3. The summed E-state index contributed by atoms with van der Waals surface area (Å²) in [6, 6.07) is 6.31. The van der Waals surface area contributed by atoms with Crippen LogP contribution in [0.25, 0.3) is 0 Å². The third-order valence-corrected chi connectivity index (χ3v) is 2.45. The Balaban J connectivity index is 0.00000400. The van der Waals surface area contributed by atoms with Gasteiger partial charge in [0.25, 0.3) is 0 Å². The monoisotopic (exact) mass is 418 g/mol. The molecule has 0 unspecified atom stereocenters. The summed E-state index contributed by atoms with van der Waals surface area (Å²) in [4.78, 5) is 23.4. The van der Waals surface area contributed by atoms with Crippen LogP contribution in [0, 0.1) is 11.8 Å². The first kappa shape index (κ1) is 20.7. The van der Waals surface area contributed by atoms with E-state index in [0.29, 0.717) is 36.2 Å². The molecule has 5 heteroatoms. The van der Waals surface area contributed by atoms with Crippen molar-refractivity contribution in [3.8, 4) is 0 Å². The first-order valence-electron chi connectivity index (χ1n) is 6.84. The molecule has 1 aromatic rings. The van der Waals surface area contributed by atoms with E-state index in [-0.39, 0.29) is 60.8 Å². The molecule has 4 nitrogen and oxygen atoms in total. The molecule has 0 saturated heterocycles. The van der Waals surface area contributed by atoms with Gasteiger partial charge in [0.05, 0.1) is 24.3 Å². The minimum atomic E-state index is -0.374. The van der Waals surface area contributed by atoms with Crippen LogP contribution in [0.4, 0.5) is 0 Å². The van der Waals surface area contributed by atoms with Gasteiger partial charge in [-0.3, -0.25) is 0 Å². The molecular formula is C16H24BaO4. The van der Waals surface area contributed by atoms with Crippen LogP contribution < -0.4 is 0 Å². The minimum absolute atomic E-state index is 0. The number of ether oxygens (including phenoxy) is 2. The van der Waals surface area contributed by atoms with E-state index in [1.54, 1.807) is 24.3 Å². The van der Waals surface area contributed by atoms with Gasteiger partial charge in [-0.05, 0) is 36.1 Å². The number of carbonyl (C=O) groups is 2. The van der Waals surface area contributed by atoms with Crippen molar-refractivity contribution in [1.29, 1.82) is 0 Å². The van der Waals surface area contributed by atoms with E-state index in [1.807, 2.05) is 27.7 Å². The molecule has 0 bridgehead atoms. The van der Waals surface area contributed by atoms with Crippen LogP contribution in [-0.4, -0.2) is 74.0 Å². The van der Waals surface area contributed by atoms with Crippen LogP contribution in [0.2, 0.25) is 0 Å². The summed E-state index contributed by atoms with van der Waals surface area (Å²) in [7, 11) is 0. The fourth-order valence-corrected chi connectivity index (χ4v) is 1.39. The molecule has 0 heterocycles. The molecule has 0 amide bonds. The topological polar surface area (TPSA) is 52.6 Å². The average Bonchev–Trinajstić information content (AvgIpc) is 2.42. The molecule has 114 valence electrons. The van der Waals surface area contributed by atoms with E-state index in [2.05, 4.69) is 0 Å². The van der Waals surface area contributed by atoms with E-state index in [1.165, 1.54) is 0 Å². The zero-order valence-corrected chi connectivity index (χ0v) is 12.5. The number of hydrogen-bond acceptors (Lipinski definition) is 4. The molecule has 0 aliphatic carbocycles. The molecule has 0 aliphatic rings. The molecule has 0 fully saturated rings. The Labute approximate surface area is 166 Å². The van der Waals surface area contributed by atoms with Gasteiger partial charge >= 0.3 is 60.8 Å². The molecule has 21 heavy (non-hydrogen) atoms. The van der Waals surface area contributed by atoms with E-state index >= 15 is 0 Å². The maximum absolute atomic E-state index is 11.7. The Morgan fingerprint density at radius 3 is 1.33 bits per heavy atom. The van der Waals surface area contributed by atoms with Gasteiger partial charge in [0.15, 0.2) is 0 Å². The Morgan fingerprint density at radius 2 is 1.10 bits per heavy atom. The second-order valence-electron chi connectivity index (χ2n) is 5.56. The molecule has 0 aliphatic heterocycles. The zero-order chi connectivity index (χ0) is 15.1. The van der Waals surface area contributed by atoms with Gasteiger partial charge in [0.2, 0.25) is 0 Å². The summed E-state index contributed by atoms with van der Waals surface area (Å²) in [5.41, 5.74) is 0.872. The Morgan fingerprint density at radius 1 is 0.810 bits per heavy atom. The molecule has 0 N–H and O–H groups in total. The molecular weight excluding hydrogens is 394 g/mol. The number of esters is 2. The fraction of sp³-hybridized carbons (Fsp3) is 0.500. The molecule has 1 aromatic carbocycles. The van der Waals surface area contributed by atoms with Crippen LogP contribution in [0.1, 0.15) is 48.4 Å². The molecule has 0 saturated carbocycles. The average molecular weight is 418 g/mol. The van der Waals surface area contributed by atoms with Crippen molar-refractivity contribution in [3.63, 3.8) is 0 Å². The maximum atomic E-state index is 11.7. The number of hydrogen-bond donors (Lipinski definition) is 0. The van der Waals surface area contributed by atoms with Gasteiger partial charge in [-0.2, -0.15) is 0 Å². The van der Waals surface area contributed by atoms with Crippen molar-refractivity contribution >= 4 is 60.8 Å². The summed E-state index contributed by atoms with van der Waals surface area (Å²) in [6.45, 7) is 8.67. The number of carbonyl (C=O) groups excluding carboxylic acids is 2. The van der Waals surface area contributed by atoms with Crippen LogP contribution in [-0.2, 0) is 9.47 Å². The Bertz CT molecular complexity index is 409. The summed E-state index contributed by atoms with van der Waals surface area (Å²) in [5, 5.41) is 0.